The molecule has 0 bridgehead atoms. The van der Waals surface area contributed by atoms with Gasteiger partial charge in [-0.3, -0.25) is 25.0 Å². The van der Waals surface area contributed by atoms with Gasteiger partial charge in [0, 0.05) is 6.07 Å². The zero-order chi connectivity index (χ0) is 27.3. The van der Waals surface area contributed by atoms with Crippen LogP contribution in [-0.2, 0) is 12.4 Å². The number of hydrogen-bond acceptors (Lipinski definition) is 6. The molecule has 0 aliphatic carbocycles. The predicted octanol–water partition coefficient (Wildman–Crippen LogP) is 5.80. The lowest BCUT2D eigenvalue weighted by Crippen LogP contribution is -2.16. The van der Waals surface area contributed by atoms with Crippen LogP contribution in [0, 0.1) is 20.2 Å². The number of benzene rings is 2. The smallest absolute Gasteiger partial charge is 0.366 e. The highest BCUT2D eigenvalue weighted by atomic mass is 35.5. The molecule has 0 unspecified atom stereocenters. The SMILES string of the molecule is NC(=O)c1c(Cl)c([N+](=O)[O-])c(Cl)c([N+](=O)[O-])c1-c1ccc(-n2nc(C(F)(F)F)cc2C(F)(F)F)cc1. The second-order valence-corrected chi connectivity index (χ2v) is 7.58. The number of nitro groups is 2. The topological polar surface area (TPSA) is 147 Å². The van der Waals surface area contributed by atoms with E-state index in [0.717, 1.165) is 24.3 Å². The predicted molar refractivity (Wildman–Crippen MR) is 111 cm³/mol. The van der Waals surface area contributed by atoms with Crippen LogP contribution >= 0.6 is 23.2 Å². The fraction of sp³-hybridized carbons (Fsp3) is 0.111. The Bertz CT molecular complexity index is 1380. The molecular weight excluding hydrogens is 551 g/mol. The van der Waals surface area contributed by atoms with E-state index in [0.29, 0.717) is 0 Å². The standard InChI is InChI=1S/C18H7Cl2F6N5O5/c19-12-11(16(27)32)10(14(30(33)34)13(20)15(12)31(35)36)6-1-3-7(4-2-6)29-9(18(24,25)26)5-8(28-29)17(21,22)23/h1-5H,(H2,27,32). The van der Waals surface area contributed by atoms with Crippen LogP contribution in [-0.4, -0.2) is 25.5 Å². The number of aromatic nitrogens is 2. The first-order chi connectivity index (χ1) is 16.5. The molecule has 1 aromatic heterocycles. The lowest BCUT2D eigenvalue weighted by atomic mass is 9.96. The number of carbonyl (C=O) groups is 1. The number of rotatable bonds is 5. The van der Waals surface area contributed by atoms with Gasteiger partial charge < -0.3 is 5.73 Å². The van der Waals surface area contributed by atoms with E-state index < -0.39 is 77.7 Å². The van der Waals surface area contributed by atoms with Gasteiger partial charge in [-0.1, -0.05) is 35.3 Å². The first kappa shape index (κ1) is 26.7. The summed E-state index contributed by atoms with van der Waals surface area (Å²) in [5.41, 5.74) is -3.21. The largest absolute Gasteiger partial charge is 0.435 e. The summed E-state index contributed by atoms with van der Waals surface area (Å²) in [6.07, 6.45) is -10.4. The fourth-order valence-corrected chi connectivity index (χ4v) is 3.92. The summed E-state index contributed by atoms with van der Waals surface area (Å²) in [6.45, 7) is 0. The Morgan fingerprint density at radius 3 is 1.86 bits per heavy atom. The van der Waals surface area contributed by atoms with Crippen LogP contribution in [0.5, 0.6) is 0 Å². The third-order valence-electron chi connectivity index (χ3n) is 4.63. The van der Waals surface area contributed by atoms with E-state index in [1.807, 2.05) is 0 Å². The van der Waals surface area contributed by atoms with Crippen molar-refractivity contribution in [2.75, 3.05) is 0 Å². The molecule has 0 aliphatic rings. The normalized spacial score (nSPS) is 12.0. The summed E-state index contributed by atoms with van der Waals surface area (Å²) in [4.78, 5) is 32.6. The van der Waals surface area contributed by atoms with Crippen molar-refractivity contribution < 1.29 is 41.0 Å². The van der Waals surface area contributed by atoms with Gasteiger partial charge in [0.1, 0.15) is 10.7 Å². The first-order valence-corrected chi connectivity index (χ1v) is 9.71. The zero-order valence-corrected chi connectivity index (χ0v) is 18.3. The lowest BCUT2D eigenvalue weighted by Gasteiger charge is -2.13. The van der Waals surface area contributed by atoms with Gasteiger partial charge in [0.2, 0.25) is 0 Å². The Morgan fingerprint density at radius 1 is 0.917 bits per heavy atom. The number of nitro benzene ring substituents is 2. The van der Waals surface area contributed by atoms with E-state index in [9.17, 15) is 51.4 Å². The van der Waals surface area contributed by atoms with E-state index in [-0.39, 0.29) is 16.3 Å². The highest BCUT2D eigenvalue weighted by Gasteiger charge is 2.42. The molecule has 0 saturated heterocycles. The van der Waals surface area contributed by atoms with Crippen molar-refractivity contribution in [1.82, 2.24) is 9.78 Å². The lowest BCUT2D eigenvalue weighted by molar-refractivity contribution is -0.393. The molecule has 3 aromatic rings. The van der Waals surface area contributed by atoms with Crippen molar-refractivity contribution in [3.8, 4) is 16.8 Å². The van der Waals surface area contributed by atoms with Crippen LogP contribution in [0.2, 0.25) is 10.0 Å². The number of nitrogens with two attached hydrogens (primary N) is 1. The highest BCUT2D eigenvalue weighted by Crippen LogP contribution is 2.49. The molecule has 0 saturated carbocycles. The summed E-state index contributed by atoms with van der Waals surface area (Å²) in [5, 5.41) is 23.9. The maximum absolute atomic E-state index is 13.3. The molecule has 0 fully saturated rings. The second-order valence-electron chi connectivity index (χ2n) is 6.82. The third kappa shape index (κ3) is 4.64. The molecule has 190 valence electrons. The van der Waals surface area contributed by atoms with Gasteiger partial charge in [-0.2, -0.15) is 31.4 Å². The van der Waals surface area contributed by atoms with Crippen LogP contribution in [0.1, 0.15) is 21.7 Å². The third-order valence-corrected chi connectivity index (χ3v) is 5.36. The highest BCUT2D eigenvalue weighted by molar-refractivity contribution is 6.42. The Kier molecular flexibility index (Phi) is 6.63. The Labute approximate surface area is 204 Å². The van der Waals surface area contributed by atoms with Gasteiger partial charge in [0.15, 0.2) is 10.7 Å². The molecule has 18 heteroatoms. The minimum Gasteiger partial charge on any atom is -0.366 e. The van der Waals surface area contributed by atoms with Gasteiger partial charge in [-0.05, 0) is 17.7 Å². The van der Waals surface area contributed by atoms with Gasteiger partial charge >= 0.3 is 23.7 Å². The first-order valence-electron chi connectivity index (χ1n) is 8.95. The second kappa shape index (κ2) is 8.94. The molecule has 2 N–H and O–H groups in total. The number of nitrogens with zero attached hydrogens (tertiary/aromatic N) is 4. The summed E-state index contributed by atoms with van der Waals surface area (Å²) < 4.78 is 78.8. The summed E-state index contributed by atoms with van der Waals surface area (Å²) in [7, 11) is 0. The van der Waals surface area contributed by atoms with Crippen molar-refractivity contribution in [3.63, 3.8) is 0 Å². The molecule has 1 heterocycles. The minimum absolute atomic E-state index is 0.0498. The molecule has 1 amide bonds. The number of primary amides is 1. The molecule has 2 aromatic carbocycles. The molecule has 0 aliphatic heterocycles. The van der Waals surface area contributed by atoms with E-state index in [1.165, 1.54) is 0 Å². The zero-order valence-electron chi connectivity index (χ0n) is 16.8. The quantitative estimate of drug-likeness (QED) is 0.238. The maximum atomic E-state index is 13.3. The van der Waals surface area contributed by atoms with E-state index in [1.54, 1.807) is 0 Å². The van der Waals surface area contributed by atoms with Crippen LogP contribution < -0.4 is 5.73 Å². The van der Waals surface area contributed by atoms with Crippen molar-refractivity contribution in [3.05, 3.63) is 77.6 Å². The van der Waals surface area contributed by atoms with Crippen LogP contribution in [0.15, 0.2) is 30.3 Å². The van der Waals surface area contributed by atoms with Gasteiger partial charge in [-0.25, -0.2) is 4.68 Å². The summed E-state index contributed by atoms with van der Waals surface area (Å²) >= 11 is 11.7. The number of carbonyl (C=O) groups excluding carboxylic acids is 1. The summed E-state index contributed by atoms with van der Waals surface area (Å²) in [5.74, 6) is -1.44. The average Bonchev–Trinajstić information content (AvgIpc) is 3.19. The van der Waals surface area contributed by atoms with Gasteiger partial charge in [-0.15, -0.1) is 0 Å². The molecule has 0 spiro atoms. The van der Waals surface area contributed by atoms with Crippen molar-refractivity contribution in [2.45, 2.75) is 12.4 Å². The maximum Gasteiger partial charge on any atom is 0.435 e. The van der Waals surface area contributed by atoms with Crippen LogP contribution in [0.25, 0.3) is 16.8 Å². The van der Waals surface area contributed by atoms with E-state index >= 15 is 0 Å². The van der Waals surface area contributed by atoms with Crippen LogP contribution in [0.4, 0.5) is 37.7 Å². The van der Waals surface area contributed by atoms with Gasteiger partial charge in [0.25, 0.3) is 5.91 Å². The van der Waals surface area contributed by atoms with Crippen molar-refractivity contribution in [1.29, 1.82) is 0 Å². The number of halogens is 8. The Balaban J connectivity index is 2.30. The average molecular weight is 558 g/mol. The fourth-order valence-electron chi connectivity index (χ4n) is 3.20. The minimum atomic E-state index is -5.24. The number of amides is 1. The van der Waals surface area contributed by atoms with E-state index in [4.69, 9.17) is 28.9 Å². The Hall–Kier alpha value is -3.92. The monoisotopic (exact) mass is 557 g/mol. The molecule has 0 atom stereocenters. The molecule has 0 radical (unpaired) electrons. The molecule has 36 heavy (non-hydrogen) atoms. The number of alkyl halides is 6. The summed E-state index contributed by atoms with van der Waals surface area (Å²) in [6, 6.07) is 3.14. The van der Waals surface area contributed by atoms with Crippen molar-refractivity contribution in [2.24, 2.45) is 5.73 Å². The Morgan fingerprint density at radius 2 is 1.44 bits per heavy atom. The molecular formula is C18H7Cl2F6N5O5. The molecule has 10 nitrogen and oxygen atoms in total. The van der Waals surface area contributed by atoms with Crippen molar-refractivity contribution >= 4 is 40.5 Å². The van der Waals surface area contributed by atoms with Crippen LogP contribution in [0.3, 0.4) is 0 Å². The van der Waals surface area contributed by atoms with Gasteiger partial charge in [0.05, 0.1) is 26.7 Å². The molecule has 3 rings (SSSR count). The number of hydrogen-bond donors (Lipinski definition) is 1. The van der Waals surface area contributed by atoms with E-state index in [2.05, 4.69) is 5.10 Å².